The number of methoxy groups -OCH3 is 1. The van der Waals surface area contributed by atoms with Crippen LogP contribution in [0.5, 0.6) is 0 Å². The molecule has 1 heterocycles. The van der Waals surface area contributed by atoms with Crippen LogP contribution in [0.2, 0.25) is 0 Å². The fraction of sp³-hybridized carbons (Fsp3) is 0.833. The van der Waals surface area contributed by atoms with E-state index in [9.17, 15) is 4.79 Å². The van der Waals surface area contributed by atoms with Crippen molar-refractivity contribution < 1.29 is 19.0 Å². The highest BCUT2D eigenvalue weighted by Crippen LogP contribution is 2.29. The lowest BCUT2D eigenvalue weighted by atomic mass is 10.1. The van der Waals surface area contributed by atoms with Gasteiger partial charge in [-0.25, -0.2) is 4.79 Å². The van der Waals surface area contributed by atoms with Crippen molar-refractivity contribution in [3.63, 3.8) is 0 Å². The molecule has 2 atom stereocenters. The Hall–Kier alpha value is -1.03. The summed E-state index contributed by atoms with van der Waals surface area (Å²) in [6.07, 6.45) is 12.5. The number of hydrogen-bond donors (Lipinski definition) is 0. The molecule has 0 aromatic rings. The molecule has 1 aliphatic heterocycles. The van der Waals surface area contributed by atoms with Crippen LogP contribution in [0.15, 0.2) is 11.8 Å². The molecule has 0 aromatic carbocycles. The first kappa shape index (κ1) is 19.0. The SMILES string of the molecule is CCCCCCC1O/C(=C\C(=O)OC)C(CCCCCC)O1. The molecule has 4 heteroatoms. The van der Waals surface area contributed by atoms with Gasteiger partial charge in [0.1, 0.15) is 11.9 Å². The highest BCUT2D eigenvalue weighted by atomic mass is 16.7. The summed E-state index contributed by atoms with van der Waals surface area (Å²) < 4.78 is 16.5. The Kier molecular flexibility index (Phi) is 9.96. The van der Waals surface area contributed by atoms with Crippen molar-refractivity contribution in [2.24, 2.45) is 0 Å². The second kappa shape index (κ2) is 11.5. The van der Waals surface area contributed by atoms with Crippen LogP contribution >= 0.6 is 0 Å². The predicted octanol–water partition coefficient (Wildman–Crippen LogP) is 4.73. The molecule has 1 aliphatic rings. The van der Waals surface area contributed by atoms with Crippen molar-refractivity contribution in [1.82, 2.24) is 0 Å². The summed E-state index contributed by atoms with van der Waals surface area (Å²) in [4.78, 5) is 11.5. The van der Waals surface area contributed by atoms with Gasteiger partial charge in [0, 0.05) is 6.42 Å². The Balaban J connectivity index is 2.46. The Morgan fingerprint density at radius 3 is 2.27 bits per heavy atom. The largest absolute Gasteiger partial charge is 0.466 e. The number of carbonyl (C=O) groups excluding carboxylic acids is 1. The molecule has 0 aromatic heterocycles. The van der Waals surface area contributed by atoms with E-state index in [4.69, 9.17) is 14.2 Å². The molecule has 22 heavy (non-hydrogen) atoms. The molecule has 0 N–H and O–H groups in total. The maximum Gasteiger partial charge on any atom is 0.333 e. The van der Waals surface area contributed by atoms with Gasteiger partial charge in [0.05, 0.1) is 13.2 Å². The molecule has 1 rings (SSSR count). The zero-order valence-corrected chi connectivity index (χ0v) is 14.4. The van der Waals surface area contributed by atoms with Crippen molar-refractivity contribution in [2.75, 3.05) is 7.11 Å². The minimum Gasteiger partial charge on any atom is -0.466 e. The molecule has 1 fully saturated rings. The van der Waals surface area contributed by atoms with Crippen LogP contribution in [-0.4, -0.2) is 25.5 Å². The highest BCUT2D eigenvalue weighted by Gasteiger charge is 2.31. The number of ether oxygens (including phenoxy) is 3. The van der Waals surface area contributed by atoms with E-state index < -0.39 is 0 Å². The summed E-state index contributed by atoms with van der Waals surface area (Å²) in [5.41, 5.74) is 0. The van der Waals surface area contributed by atoms with Gasteiger partial charge in [-0.15, -0.1) is 0 Å². The smallest absolute Gasteiger partial charge is 0.333 e. The molecule has 0 saturated carbocycles. The summed E-state index contributed by atoms with van der Waals surface area (Å²) in [6.45, 7) is 4.40. The fourth-order valence-electron chi connectivity index (χ4n) is 2.64. The standard InChI is InChI=1S/C18H32O4/c1-4-6-8-10-12-15-16(14-17(19)20-3)22-18(21-15)13-11-9-7-5-2/h14-15,18H,4-13H2,1-3H3/b16-14-. The number of esters is 1. The zero-order chi connectivity index (χ0) is 16.2. The highest BCUT2D eigenvalue weighted by molar-refractivity contribution is 5.82. The molecule has 1 saturated heterocycles. The average Bonchev–Trinajstić information content (AvgIpc) is 2.90. The first-order chi connectivity index (χ1) is 10.7. The van der Waals surface area contributed by atoms with Crippen LogP contribution in [0.3, 0.4) is 0 Å². The van der Waals surface area contributed by atoms with Crippen LogP contribution in [0.1, 0.15) is 78.1 Å². The summed E-state index contributed by atoms with van der Waals surface area (Å²) in [7, 11) is 1.38. The summed E-state index contributed by atoms with van der Waals surface area (Å²) in [5, 5.41) is 0. The average molecular weight is 312 g/mol. The minimum atomic E-state index is -0.371. The summed E-state index contributed by atoms with van der Waals surface area (Å²) in [6, 6.07) is 0. The normalized spacial score (nSPS) is 22.8. The van der Waals surface area contributed by atoms with Crippen molar-refractivity contribution in [2.45, 2.75) is 90.4 Å². The van der Waals surface area contributed by atoms with E-state index >= 15 is 0 Å². The zero-order valence-electron chi connectivity index (χ0n) is 14.4. The third-order valence-electron chi connectivity index (χ3n) is 3.98. The Morgan fingerprint density at radius 2 is 1.68 bits per heavy atom. The van der Waals surface area contributed by atoms with Gasteiger partial charge >= 0.3 is 5.97 Å². The van der Waals surface area contributed by atoms with E-state index in [1.807, 2.05) is 0 Å². The number of unbranched alkanes of at least 4 members (excludes halogenated alkanes) is 6. The van der Waals surface area contributed by atoms with Crippen molar-refractivity contribution >= 4 is 5.97 Å². The maximum atomic E-state index is 11.5. The molecule has 0 spiro atoms. The van der Waals surface area contributed by atoms with Gasteiger partial charge in [0.2, 0.25) is 0 Å². The van der Waals surface area contributed by atoms with Crippen LogP contribution in [-0.2, 0) is 19.0 Å². The van der Waals surface area contributed by atoms with E-state index in [0.717, 1.165) is 25.7 Å². The fourth-order valence-corrected chi connectivity index (χ4v) is 2.64. The molecule has 0 amide bonds. The summed E-state index contributed by atoms with van der Waals surface area (Å²) in [5.74, 6) is 0.271. The third-order valence-corrected chi connectivity index (χ3v) is 3.98. The van der Waals surface area contributed by atoms with Crippen LogP contribution in [0.25, 0.3) is 0 Å². The van der Waals surface area contributed by atoms with Gasteiger partial charge < -0.3 is 14.2 Å². The van der Waals surface area contributed by atoms with Gasteiger partial charge in [0.15, 0.2) is 6.29 Å². The molecule has 2 unspecified atom stereocenters. The predicted molar refractivity (Wildman–Crippen MR) is 87.4 cm³/mol. The number of rotatable bonds is 11. The van der Waals surface area contributed by atoms with E-state index in [1.54, 1.807) is 0 Å². The Labute approximate surface area is 135 Å². The second-order valence-corrected chi connectivity index (χ2v) is 5.94. The Bertz CT molecular complexity index is 338. The Morgan fingerprint density at radius 1 is 1.05 bits per heavy atom. The molecule has 0 bridgehead atoms. The van der Waals surface area contributed by atoms with Crippen LogP contribution in [0.4, 0.5) is 0 Å². The minimum absolute atomic E-state index is 0.0906. The lowest BCUT2D eigenvalue weighted by Crippen LogP contribution is -2.12. The first-order valence-corrected chi connectivity index (χ1v) is 8.82. The number of hydrogen-bond acceptors (Lipinski definition) is 4. The van der Waals surface area contributed by atoms with Gasteiger partial charge in [-0.2, -0.15) is 0 Å². The van der Waals surface area contributed by atoms with Crippen LogP contribution < -0.4 is 0 Å². The number of carbonyl (C=O) groups is 1. The lowest BCUT2D eigenvalue weighted by Gasteiger charge is -2.10. The molecular weight excluding hydrogens is 280 g/mol. The van der Waals surface area contributed by atoms with E-state index in [-0.39, 0.29) is 18.4 Å². The maximum absolute atomic E-state index is 11.5. The van der Waals surface area contributed by atoms with E-state index in [1.165, 1.54) is 51.7 Å². The van der Waals surface area contributed by atoms with Gasteiger partial charge in [0.25, 0.3) is 0 Å². The van der Waals surface area contributed by atoms with E-state index in [0.29, 0.717) is 5.76 Å². The quantitative estimate of drug-likeness (QED) is 0.314. The lowest BCUT2D eigenvalue weighted by molar-refractivity contribution is -0.135. The van der Waals surface area contributed by atoms with Gasteiger partial charge in [-0.3, -0.25) is 0 Å². The molecule has 0 radical (unpaired) electrons. The van der Waals surface area contributed by atoms with Gasteiger partial charge in [-0.05, 0) is 12.8 Å². The van der Waals surface area contributed by atoms with E-state index in [2.05, 4.69) is 13.8 Å². The molecule has 128 valence electrons. The third kappa shape index (κ3) is 7.30. The van der Waals surface area contributed by atoms with Crippen molar-refractivity contribution in [1.29, 1.82) is 0 Å². The first-order valence-electron chi connectivity index (χ1n) is 8.82. The van der Waals surface area contributed by atoms with Crippen LogP contribution in [0, 0.1) is 0 Å². The molecule has 0 aliphatic carbocycles. The molecular formula is C18H32O4. The molecule has 4 nitrogen and oxygen atoms in total. The van der Waals surface area contributed by atoms with Crippen molar-refractivity contribution in [3.8, 4) is 0 Å². The summed E-state index contributed by atoms with van der Waals surface area (Å²) >= 11 is 0. The monoisotopic (exact) mass is 312 g/mol. The topological polar surface area (TPSA) is 44.8 Å². The van der Waals surface area contributed by atoms with Crippen molar-refractivity contribution in [3.05, 3.63) is 11.8 Å². The second-order valence-electron chi connectivity index (χ2n) is 5.94. The van der Waals surface area contributed by atoms with Gasteiger partial charge in [-0.1, -0.05) is 58.8 Å².